The van der Waals surface area contributed by atoms with E-state index in [1.807, 2.05) is 16.8 Å². The third kappa shape index (κ3) is 2.26. The number of thiazole rings is 1. The van der Waals surface area contributed by atoms with Gasteiger partial charge in [0.25, 0.3) is 5.91 Å². The van der Waals surface area contributed by atoms with Crippen LogP contribution in [0.4, 0.5) is 10.9 Å². The van der Waals surface area contributed by atoms with Gasteiger partial charge < -0.3 is 15.5 Å². The monoisotopic (exact) mass is 294 g/mol. The van der Waals surface area contributed by atoms with Crippen LogP contribution >= 0.6 is 11.3 Å². The Morgan fingerprint density at radius 2 is 2.10 bits per heavy atom. The van der Waals surface area contributed by atoms with Crippen molar-refractivity contribution in [1.82, 2.24) is 9.88 Å². The van der Waals surface area contributed by atoms with Crippen molar-refractivity contribution < 1.29 is 4.79 Å². The smallest absolute Gasteiger partial charge is 0.267 e. The van der Waals surface area contributed by atoms with E-state index in [0.29, 0.717) is 22.5 Å². The van der Waals surface area contributed by atoms with Gasteiger partial charge in [-0.05, 0) is 31.6 Å². The molecule has 5 nitrogen and oxygen atoms in total. The molecule has 1 aliphatic carbocycles. The van der Waals surface area contributed by atoms with Crippen LogP contribution in [0, 0.1) is 11.8 Å². The third-order valence-electron chi connectivity index (χ3n) is 4.65. The van der Waals surface area contributed by atoms with E-state index in [1.54, 1.807) is 0 Å². The first-order valence-corrected chi connectivity index (χ1v) is 8.18. The van der Waals surface area contributed by atoms with Crippen molar-refractivity contribution in [2.24, 2.45) is 11.8 Å². The highest BCUT2D eigenvalue weighted by molar-refractivity contribution is 7.18. The molecule has 1 aliphatic heterocycles. The molecule has 1 saturated heterocycles. The van der Waals surface area contributed by atoms with E-state index in [0.717, 1.165) is 24.8 Å². The van der Waals surface area contributed by atoms with Crippen molar-refractivity contribution in [1.29, 1.82) is 0 Å². The van der Waals surface area contributed by atoms with Crippen LogP contribution in [-0.2, 0) is 0 Å². The van der Waals surface area contributed by atoms with Crippen LogP contribution in [0.15, 0.2) is 0 Å². The predicted molar refractivity (Wildman–Crippen MR) is 82.2 cm³/mol. The van der Waals surface area contributed by atoms with Crippen LogP contribution < -0.4 is 10.6 Å². The quantitative estimate of drug-likeness (QED) is 0.927. The molecule has 1 aromatic rings. The maximum absolute atomic E-state index is 12.6. The van der Waals surface area contributed by atoms with Gasteiger partial charge in [0, 0.05) is 26.7 Å². The molecule has 0 bridgehead atoms. The molecule has 110 valence electrons. The number of nitrogen functional groups attached to an aromatic ring is 1. The summed E-state index contributed by atoms with van der Waals surface area (Å²) in [6.45, 7) is 4.72. The summed E-state index contributed by atoms with van der Waals surface area (Å²) in [5.41, 5.74) is 5.94. The number of aromatic nitrogens is 1. The summed E-state index contributed by atoms with van der Waals surface area (Å²) in [5.74, 6) is 1.88. The second kappa shape index (κ2) is 5.24. The minimum absolute atomic E-state index is 0.0742. The molecule has 2 atom stereocenters. The molecule has 0 spiro atoms. The Morgan fingerprint density at radius 3 is 2.70 bits per heavy atom. The number of nitrogens with two attached hydrogens (primary N) is 1. The van der Waals surface area contributed by atoms with Crippen LogP contribution in [0.5, 0.6) is 0 Å². The molecule has 1 saturated carbocycles. The van der Waals surface area contributed by atoms with Crippen molar-refractivity contribution in [3.8, 4) is 0 Å². The highest BCUT2D eigenvalue weighted by atomic mass is 32.1. The number of fused-ring (bicyclic) bond motifs is 1. The summed E-state index contributed by atoms with van der Waals surface area (Å²) in [5, 5.41) is 0.827. The number of hydrogen-bond acceptors (Lipinski definition) is 5. The van der Waals surface area contributed by atoms with Gasteiger partial charge in [0.15, 0.2) is 5.13 Å². The molecule has 3 rings (SSSR count). The minimum atomic E-state index is 0.0742. The summed E-state index contributed by atoms with van der Waals surface area (Å²) in [6, 6.07) is 0. The van der Waals surface area contributed by atoms with Gasteiger partial charge in [-0.2, -0.15) is 0 Å². The van der Waals surface area contributed by atoms with E-state index in [9.17, 15) is 4.79 Å². The molecular formula is C14H22N4OS. The van der Waals surface area contributed by atoms with Crippen molar-refractivity contribution in [3.63, 3.8) is 0 Å². The lowest BCUT2D eigenvalue weighted by atomic mass is 10.0. The fourth-order valence-corrected chi connectivity index (χ4v) is 4.29. The van der Waals surface area contributed by atoms with Crippen LogP contribution in [0.2, 0.25) is 0 Å². The first kappa shape index (κ1) is 13.7. The topological polar surface area (TPSA) is 62.5 Å². The summed E-state index contributed by atoms with van der Waals surface area (Å²) in [7, 11) is 1.97. The van der Waals surface area contributed by atoms with E-state index in [1.165, 1.54) is 30.6 Å². The molecule has 0 aromatic carbocycles. The van der Waals surface area contributed by atoms with E-state index in [4.69, 9.17) is 5.73 Å². The first-order chi connectivity index (χ1) is 9.60. The Bertz CT molecular complexity index is 503. The van der Waals surface area contributed by atoms with Crippen LogP contribution in [0.3, 0.4) is 0 Å². The van der Waals surface area contributed by atoms with Crippen molar-refractivity contribution in [3.05, 3.63) is 4.88 Å². The number of carbonyl (C=O) groups excluding carboxylic acids is 1. The van der Waals surface area contributed by atoms with E-state index >= 15 is 0 Å². The zero-order valence-electron chi connectivity index (χ0n) is 12.1. The lowest BCUT2D eigenvalue weighted by molar-refractivity contribution is 0.0786. The molecule has 6 heteroatoms. The minimum Gasteiger partial charge on any atom is -0.382 e. The fraction of sp³-hybridized carbons (Fsp3) is 0.714. The number of nitrogens with zero attached hydrogens (tertiary/aromatic N) is 3. The van der Waals surface area contributed by atoms with Gasteiger partial charge >= 0.3 is 0 Å². The van der Waals surface area contributed by atoms with E-state index in [-0.39, 0.29) is 5.91 Å². The molecule has 1 amide bonds. The molecule has 2 fully saturated rings. The molecule has 0 radical (unpaired) electrons. The number of likely N-dealkylation sites (tertiary alicyclic amines) is 1. The zero-order chi connectivity index (χ0) is 14.3. The molecule has 2 heterocycles. The molecular weight excluding hydrogens is 272 g/mol. The molecule has 1 aromatic heterocycles. The number of rotatable bonds is 3. The van der Waals surface area contributed by atoms with Crippen LogP contribution in [0.25, 0.3) is 0 Å². The SMILES string of the molecule is CCN(C)c1nc(N)c(C(=O)N2CC3CCCC3C2)s1. The van der Waals surface area contributed by atoms with E-state index < -0.39 is 0 Å². The lowest BCUT2D eigenvalue weighted by Gasteiger charge is -2.16. The van der Waals surface area contributed by atoms with Crippen LogP contribution in [0.1, 0.15) is 35.9 Å². The highest BCUT2D eigenvalue weighted by Gasteiger charge is 2.39. The second-order valence-corrected chi connectivity index (χ2v) is 6.86. The number of amides is 1. The highest BCUT2D eigenvalue weighted by Crippen LogP contribution is 2.39. The van der Waals surface area contributed by atoms with Crippen molar-refractivity contribution in [2.45, 2.75) is 26.2 Å². The Balaban J connectivity index is 1.76. The summed E-state index contributed by atoms with van der Waals surface area (Å²) < 4.78 is 0. The Kier molecular flexibility index (Phi) is 3.58. The Labute approximate surface area is 123 Å². The average molecular weight is 294 g/mol. The normalized spacial score (nSPS) is 25.0. The zero-order valence-corrected chi connectivity index (χ0v) is 12.9. The standard InChI is InChI=1S/C14H22N4OS/c1-3-17(2)14-16-12(15)11(20-14)13(19)18-7-9-5-4-6-10(9)8-18/h9-10H,3-8,15H2,1-2H3. The molecule has 20 heavy (non-hydrogen) atoms. The Morgan fingerprint density at radius 1 is 1.45 bits per heavy atom. The fourth-order valence-electron chi connectivity index (χ4n) is 3.32. The first-order valence-electron chi connectivity index (χ1n) is 7.36. The van der Waals surface area contributed by atoms with Gasteiger partial charge in [-0.15, -0.1) is 0 Å². The Hall–Kier alpha value is -1.30. The maximum atomic E-state index is 12.6. The van der Waals surface area contributed by atoms with Gasteiger partial charge in [-0.25, -0.2) is 4.98 Å². The van der Waals surface area contributed by atoms with Gasteiger partial charge in [-0.3, -0.25) is 4.79 Å². The molecule has 2 aliphatic rings. The molecule has 2 unspecified atom stereocenters. The lowest BCUT2D eigenvalue weighted by Crippen LogP contribution is -2.29. The summed E-state index contributed by atoms with van der Waals surface area (Å²) in [6.07, 6.45) is 3.87. The maximum Gasteiger partial charge on any atom is 0.267 e. The van der Waals surface area contributed by atoms with Crippen LogP contribution in [-0.4, -0.2) is 42.5 Å². The van der Waals surface area contributed by atoms with Crippen molar-refractivity contribution in [2.75, 3.05) is 37.3 Å². The largest absolute Gasteiger partial charge is 0.382 e. The number of carbonyl (C=O) groups is 1. The molecule has 2 N–H and O–H groups in total. The summed E-state index contributed by atoms with van der Waals surface area (Å²) >= 11 is 1.41. The third-order valence-corrected chi connectivity index (χ3v) is 5.82. The van der Waals surface area contributed by atoms with Crippen molar-refractivity contribution >= 4 is 28.2 Å². The van der Waals surface area contributed by atoms with Gasteiger partial charge in [0.05, 0.1) is 0 Å². The van der Waals surface area contributed by atoms with Gasteiger partial charge in [0.2, 0.25) is 0 Å². The predicted octanol–water partition coefficient (Wildman–Crippen LogP) is 2.05. The number of anilines is 2. The average Bonchev–Trinajstić information content (AvgIpc) is 3.10. The second-order valence-electron chi connectivity index (χ2n) is 5.89. The number of hydrogen-bond donors (Lipinski definition) is 1. The van der Waals surface area contributed by atoms with Gasteiger partial charge in [0.1, 0.15) is 10.7 Å². The van der Waals surface area contributed by atoms with E-state index in [2.05, 4.69) is 11.9 Å². The van der Waals surface area contributed by atoms with Gasteiger partial charge in [-0.1, -0.05) is 17.8 Å². The summed E-state index contributed by atoms with van der Waals surface area (Å²) in [4.78, 5) is 21.5.